The molecule has 2 heterocycles. The van der Waals surface area contributed by atoms with Crippen LogP contribution in [0.4, 0.5) is 0 Å². The van der Waals surface area contributed by atoms with Crippen molar-refractivity contribution in [2.75, 3.05) is 26.2 Å². The topological polar surface area (TPSA) is 32.3 Å². The van der Waals surface area contributed by atoms with Gasteiger partial charge < -0.3 is 10.2 Å². The monoisotopic (exact) mass is 222 g/mol. The molecule has 2 saturated heterocycles. The molecule has 1 aliphatic carbocycles. The lowest BCUT2D eigenvalue weighted by atomic mass is 9.99. The third kappa shape index (κ3) is 1.56. The van der Waals surface area contributed by atoms with Gasteiger partial charge in [-0.1, -0.05) is 13.3 Å². The summed E-state index contributed by atoms with van der Waals surface area (Å²) in [6.45, 7) is 6.46. The summed E-state index contributed by atoms with van der Waals surface area (Å²) in [4.78, 5) is 14.6. The van der Waals surface area contributed by atoms with Crippen LogP contribution in [0.5, 0.6) is 0 Å². The van der Waals surface area contributed by atoms with E-state index >= 15 is 0 Å². The van der Waals surface area contributed by atoms with Crippen LogP contribution in [0.25, 0.3) is 0 Å². The van der Waals surface area contributed by atoms with Gasteiger partial charge in [-0.3, -0.25) is 4.79 Å². The molecule has 3 rings (SSSR count). The Morgan fingerprint density at radius 3 is 2.44 bits per heavy atom. The average molecular weight is 222 g/mol. The van der Waals surface area contributed by atoms with Crippen LogP contribution in [0.15, 0.2) is 0 Å². The van der Waals surface area contributed by atoms with E-state index in [2.05, 4.69) is 17.1 Å². The van der Waals surface area contributed by atoms with Crippen molar-refractivity contribution < 1.29 is 4.79 Å². The Bertz CT molecular complexity index is 286. The van der Waals surface area contributed by atoms with Crippen LogP contribution in [0.2, 0.25) is 0 Å². The van der Waals surface area contributed by atoms with Crippen molar-refractivity contribution in [3.8, 4) is 0 Å². The summed E-state index contributed by atoms with van der Waals surface area (Å²) in [5.41, 5.74) is 0.0841. The van der Waals surface area contributed by atoms with Gasteiger partial charge in [-0.2, -0.15) is 0 Å². The van der Waals surface area contributed by atoms with E-state index in [4.69, 9.17) is 0 Å². The van der Waals surface area contributed by atoms with Crippen LogP contribution in [-0.2, 0) is 4.79 Å². The molecule has 1 saturated carbocycles. The fourth-order valence-electron chi connectivity index (χ4n) is 3.56. The maximum atomic E-state index is 12.5. The van der Waals surface area contributed by atoms with Crippen LogP contribution in [0.1, 0.15) is 32.6 Å². The van der Waals surface area contributed by atoms with Gasteiger partial charge in [0, 0.05) is 31.6 Å². The number of fused-ring (bicyclic) bond motifs is 1. The van der Waals surface area contributed by atoms with Crippen molar-refractivity contribution in [3.63, 3.8) is 0 Å². The number of amides is 1. The quantitative estimate of drug-likeness (QED) is 0.779. The minimum Gasteiger partial charge on any atom is -0.342 e. The minimum absolute atomic E-state index is 0.0841. The Kier molecular flexibility index (Phi) is 2.46. The molecule has 1 N–H and O–H groups in total. The summed E-state index contributed by atoms with van der Waals surface area (Å²) < 4.78 is 0. The predicted molar refractivity (Wildman–Crippen MR) is 63.0 cm³/mol. The minimum atomic E-state index is 0.0841. The second kappa shape index (κ2) is 3.73. The lowest BCUT2D eigenvalue weighted by molar-refractivity contribution is -0.136. The van der Waals surface area contributed by atoms with Crippen molar-refractivity contribution >= 4 is 5.91 Å². The number of rotatable bonds is 3. The molecule has 0 spiro atoms. The molecule has 0 aromatic rings. The normalized spacial score (nSPS) is 35.2. The summed E-state index contributed by atoms with van der Waals surface area (Å²) in [7, 11) is 0. The zero-order valence-electron chi connectivity index (χ0n) is 10.2. The molecule has 0 aromatic carbocycles. The highest BCUT2D eigenvalue weighted by Gasteiger charge is 2.52. The number of nitrogens with one attached hydrogen (secondary N) is 1. The van der Waals surface area contributed by atoms with Gasteiger partial charge in [-0.25, -0.2) is 0 Å². The first-order valence-electron chi connectivity index (χ1n) is 6.75. The average Bonchev–Trinajstić information content (AvgIpc) is 2.73. The van der Waals surface area contributed by atoms with Gasteiger partial charge in [0.05, 0.1) is 0 Å². The first-order valence-corrected chi connectivity index (χ1v) is 6.75. The lowest BCUT2D eigenvalue weighted by Gasteiger charge is -2.23. The Morgan fingerprint density at radius 2 is 1.94 bits per heavy atom. The highest BCUT2D eigenvalue weighted by atomic mass is 16.2. The van der Waals surface area contributed by atoms with E-state index in [1.165, 1.54) is 0 Å². The molecule has 3 aliphatic rings. The van der Waals surface area contributed by atoms with Crippen LogP contribution in [-0.4, -0.2) is 37.0 Å². The van der Waals surface area contributed by atoms with E-state index in [1.54, 1.807) is 0 Å². The van der Waals surface area contributed by atoms with E-state index in [-0.39, 0.29) is 5.41 Å². The fourth-order valence-corrected chi connectivity index (χ4v) is 3.56. The number of likely N-dealkylation sites (tertiary alicyclic amines) is 1. The summed E-state index contributed by atoms with van der Waals surface area (Å²) in [6, 6.07) is 0. The van der Waals surface area contributed by atoms with Crippen molar-refractivity contribution in [1.82, 2.24) is 10.2 Å². The zero-order chi connectivity index (χ0) is 11.2. The largest absolute Gasteiger partial charge is 0.342 e. The molecule has 0 bridgehead atoms. The van der Waals surface area contributed by atoms with Crippen LogP contribution < -0.4 is 5.32 Å². The molecule has 3 fully saturated rings. The number of hydrogen-bond donors (Lipinski definition) is 1. The predicted octanol–water partition coefficient (Wildman–Crippen LogP) is 1.24. The second-order valence-corrected chi connectivity index (χ2v) is 5.92. The smallest absolute Gasteiger partial charge is 0.228 e. The molecule has 90 valence electrons. The number of hydrogen-bond acceptors (Lipinski definition) is 2. The molecule has 2 aliphatic heterocycles. The van der Waals surface area contributed by atoms with Gasteiger partial charge in [0.25, 0.3) is 0 Å². The maximum Gasteiger partial charge on any atom is 0.228 e. The van der Waals surface area contributed by atoms with E-state index in [9.17, 15) is 4.79 Å². The maximum absolute atomic E-state index is 12.5. The van der Waals surface area contributed by atoms with Gasteiger partial charge in [0.15, 0.2) is 0 Å². The van der Waals surface area contributed by atoms with E-state index in [0.29, 0.717) is 5.91 Å². The second-order valence-electron chi connectivity index (χ2n) is 5.92. The molecular formula is C13H22N2O. The Balaban J connectivity index is 1.64. The Hall–Kier alpha value is -0.570. The molecule has 0 radical (unpaired) electrons. The third-order valence-corrected chi connectivity index (χ3v) is 4.71. The molecule has 3 heteroatoms. The van der Waals surface area contributed by atoms with Crippen molar-refractivity contribution in [1.29, 1.82) is 0 Å². The molecule has 3 nitrogen and oxygen atoms in total. The molecule has 2 atom stereocenters. The molecule has 0 unspecified atom stereocenters. The first kappa shape index (κ1) is 10.6. The van der Waals surface area contributed by atoms with Gasteiger partial charge in [0.1, 0.15) is 0 Å². The standard InChI is InChI=1S/C13H22N2O/c1-2-3-13(4-5-13)12(16)15-8-10-6-14-7-11(10)9-15/h10-11,14H,2-9H2,1H3/t10-,11+. The van der Waals surface area contributed by atoms with Crippen LogP contribution >= 0.6 is 0 Å². The summed E-state index contributed by atoms with van der Waals surface area (Å²) in [5.74, 6) is 1.95. The van der Waals surface area contributed by atoms with Gasteiger partial charge in [0.2, 0.25) is 5.91 Å². The Morgan fingerprint density at radius 1 is 1.31 bits per heavy atom. The third-order valence-electron chi connectivity index (χ3n) is 4.71. The van der Waals surface area contributed by atoms with Gasteiger partial charge in [-0.05, 0) is 31.1 Å². The SMILES string of the molecule is CCCC1(C(=O)N2C[C@H]3CNC[C@H]3C2)CC1. The van der Waals surface area contributed by atoms with Crippen molar-refractivity contribution in [2.24, 2.45) is 17.3 Å². The number of carbonyl (C=O) groups excluding carboxylic acids is 1. The highest BCUT2D eigenvalue weighted by molar-refractivity contribution is 5.85. The molecule has 16 heavy (non-hydrogen) atoms. The van der Waals surface area contributed by atoms with Crippen molar-refractivity contribution in [3.05, 3.63) is 0 Å². The summed E-state index contributed by atoms with van der Waals surface area (Å²) in [5, 5.41) is 3.43. The van der Waals surface area contributed by atoms with E-state index in [0.717, 1.165) is 63.7 Å². The highest BCUT2D eigenvalue weighted by Crippen LogP contribution is 2.51. The Labute approximate surface area is 97.6 Å². The fraction of sp³-hybridized carbons (Fsp3) is 0.923. The molecular weight excluding hydrogens is 200 g/mol. The molecule has 1 amide bonds. The summed E-state index contributed by atoms with van der Waals surface area (Å²) in [6.07, 6.45) is 4.54. The van der Waals surface area contributed by atoms with E-state index < -0.39 is 0 Å². The van der Waals surface area contributed by atoms with Crippen LogP contribution in [0.3, 0.4) is 0 Å². The van der Waals surface area contributed by atoms with E-state index in [1.807, 2.05) is 0 Å². The van der Waals surface area contributed by atoms with Gasteiger partial charge >= 0.3 is 0 Å². The van der Waals surface area contributed by atoms with Crippen molar-refractivity contribution in [2.45, 2.75) is 32.6 Å². The lowest BCUT2D eigenvalue weighted by Crippen LogP contribution is -2.37. The zero-order valence-corrected chi connectivity index (χ0v) is 10.2. The molecule has 0 aromatic heterocycles. The summed E-state index contributed by atoms with van der Waals surface area (Å²) >= 11 is 0. The number of carbonyl (C=O) groups is 1. The van der Waals surface area contributed by atoms with Crippen LogP contribution in [0, 0.1) is 17.3 Å². The number of nitrogens with zero attached hydrogens (tertiary/aromatic N) is 1. The first-order chi connectivity index (χ1) is 7.75. The van der Waals surface area contributed by atoms with Gasteiger partial charge in [-0.15, -0.1) is 0 Å².